The molecule has 0 radical (unpaired) electrons. The summed E-state index contributed by atoms with van der Waals surface area (Å²) in [7, 11) is 0. The van der Waals surface area contributed by atoms with E-state index in [1.54, 1.807) is 12.3 Å². The van der Waals surface area contributed by atoms with Crippen LogP contribution in [0.2, 0.25) is 5.02 Å². The summed E-state index contributed by atoms with van der Waals surface area (Å²) in [4.78, 5) is 12.3. The summed E-state index contributed by atoms with van der Waals surface area (Å²) in [6.07, 6.45) is 1.63. The van der Waals surface area contributed by atoms with Gasteiger partial charge in [-0.1, -0.05) is 48.0 Å². The van der Waals surface area contributed by atoms with Crippen LogP contribution >= 0.6 is 11.6 Å². The van der Waals surface area contributed by atoms with Crippen LogP contribution in [0.1, 0.15) is 5.56 Å². The van der Waals surface area contributed by atoms with Crippen molar-refractivity contribution in [2.24, 2.45) is 0 Å². The normalized spacial score (nSPS) is 11.1. The van der Waals surface area contributed by atoms with Crippen LogP contribution in [0.4, 0.5) is 0 Å². The van der Waals surface area contributed by atoms with E-state index in [4.69, 9.17) is 16.7 Å². The van der Waals surface area contributed by atoms with E-state index in [0.717, 1.165) is 28.0 Å². The maximum atomic E-state index is 9.14. The molecule has 2 aromatic heterocycles. The van der Waals surface area contributed by atoms with Crippen molar-refractivity contribution in [3.05, 3.63) is 71.4 Å². The average molecular weight is 336 g/mol. The fourth-order valence-corrected chi connectivity index (χ4v) is 2.95. The Kier molecular flexibility index (Phi) is 3.76. The van der Waals surface area contributed by atoms with E-state index in [9.17, 15) is 0 Å². The summed E-state index contributed by atoms with van der Waals surface area (Å²) in [6, 6.07) is 17.6. The number of benzene rings is 2. The minimum Gasteiger partial charge on any atom is -0.392 e. The highest BCUT2D eigenvalue weighted by molar-refractivity contribution is 6.33. The number of pyridine rings is 1. The first-order chi connectivity index (χ1) is 11.7. The third kappa shape index (κ3) is 2.66. The van der Waals surface area contributed by atoms with Crippen molar-refractivity contribution in [3.63, 3.8) is 0 Å². The second-order valence-corrected chi connectivity index (χ2v) is 5.92. The van der Waals surface area contributed by atoms with Gasteiger partial charge < -0.3 is 10.1 Å². The zero-order valence-corrected chi connectivity index (χ0v) is 13.5. The summed E-state index contributed by atoms with van der Waals surface area (Å²) in [5.74, 6) is 0.831. The van der Waals surface area contributed by atoms with E-state index in [0.29, 0.717) is 16.3 Å². The molecule has 0 atom stereocenters. The highest BCUT2D eigenvalue weighted by Crippen LogP contribution is 2.28. The fraction of sp³-hybridized carbons (Fsp3) is 0.0526. The lowest BCUT2D eigenvalue weighted by atomic mass is 10.1. The lowest BCUT2D eigenvalue weighted by Crippen LogP contribution is -1.90. The Bertz CT molecular complexity index is 976. The molecule has 118 valence electrons. The molecule has 2 N–H and O–H groups in total. The third-order valence-electron chi connectivity index (χ3n) is 3.90. The molecule has 24 heavy (non-hydrogen) atoms. The number of imidazole rings is 1. The molecule has 0 fully saturated rings. The molecular formula is C19H14ClN3O. The number of aromatic nitrogens is 3. The van der Waals surface area contributed by atoms with Gasteiger partial charge >= 0.3 is 0 Å². The van der Waals surface area contributed by atoms with E-state index in [1.165, 1.54) is 0 Å². The SMILES string of the molecule is OCc1cnc(-c2ccc(-c3nc4ccccc4[nH]3)cc2)c(Cl)c1. The smallest absolute Gasteiger partial charge is 0.138 e. The van der Waals surface area contributed by atoms with E-state index < -0.39 is 0 Å². The van der Waals surface area contributed by atoms with Crippen LogP contribution in [0.25, 0.3) is 33.7 Å². The Morgan fingerprint density at radius 3 is 2.46 bits per heavy atom. The molecule has 0 saturated carbocycles. The van der Waals surface area contributed by atoms with Gasteiger partial charge in [0.15, 0.2) is 0 Å². The molecule has 0 aliphatic rings. The monoisotopic (exact) mass is 335 g/mol. The number of aliphatic hydroxyl groups excluding tert-OH is 1. The lowest BCUT2D eigenvalue weighted by Gasteiger charge is -2.06. The highest BCUT2D eigenvalue weighted by atomic mass is 35.5. The topological polar surface area (TPSA) is 61.8 Å². The number of hydrogen-bond acceptors (Lipinski definition) is 3. The summed E-state index contributed by atoms with van der Waals surface area (Å²) < 4.78 is 0. The van der Waals surface area contributed by atoms with Crippen LogP contribution in [0.5, 0.6) is 0 Å². The summed E-state index contributed by atoms with van der Waals surface area (Å²) in [5, 5.41) is 9.66. The molecule has 4 nitrogen and oxygen atoms in total. The number of hydrogen-bond donors (Lipinski definition) is 2. The molecule has 0 unspecified atom stereocenters. The van der Waals surface area contributed by atoms with Crippen LogP contribution in [0, 0.1) is 0 Å². The second kappa shape index (κ2) is 6.07. The van der Waals surface area contributed by atoms with Gasteiger partial charge in [0.05, 0.1) is 28.4 Å². The quantitative estimate of drug-likeness (QED) is 0.582. The molecular weight excluding hydrogens is 322 g/mol. The highest BCUT2D eigenvalue weighted by Gasteiger charge is 2.09. The molecule has 0 aliphatic carbocycles. The van der Waals surface area contributed by atoms with Crippen LogP contribution in [-0.2, 0) is 6.61 Å². The molecule has 0 bridgehead atoms. The number of aromatic amines is 1. The molecule has 2 aromatic carbocycles. The van der Waals surface area contributed by atoms with Gasteiger partial charge in [0, 0.05) is 17.3 Å². The zero-order valence-electron chi connectivity index (χ0n) is 12.7. The van der Waals surface area contributed by atoms with Crippen LogP contribution < -0.4 is 0 Å². The minimum absolute atomic E-state index is 0.0714. The summed E-state index contributed by atoms with van der Waals surface area (Å²) in [5.41, 5.74) is 5.27. The maximum Gasteiger partial charge on any atom is 0.138 e. The Balaban J connectivity index is 1.69. The van der Waals surface area contributed by atoms with E-state index >= 15 is 0 Å². The van der Waals surface area contributed by atoms with Gasteiger partial charge in [-0.25, -0.2) is 4.98 Å². The number of fused-ring (bicyclic) bond motifs is 1. The number of aliphatic hydroxyl groups is 1. The maximum absolute atomic E-state index is 9.14. The molecule has 2 heterocycles. The van der Waals surface area contributed by atoms with Crippen molar-refractivity contribution in [2.45, 2.75) is 6.61 Å². The summed E-state index contributed by atoms with van der Waals surface area (Å²) >= 11 is 6.26. The molecule has 4 aromatic rings. The Labute approximate surface area is 143 Å². The van der Waals surface area contributed by atoms with Gasteiger partial charge in [-0.3, -0.25) is 4.98 Å². The van der Waals surface area contributed by atoms with Crippen LogP contribution in [-0.4, -0.2) is 20.1 Å². The van der Waals surface area contributed by atoms with Crippen molar-refractivity contribution >= 4 is 22.6 Å². The number of para-hydroxylation sites is 2. The van der Waals surface area contributed by atoms with Crippen molar-refractivity contribution in [2.75, 3.05) is 0 Å². The largest absolute Gasteiger partial charge is 0.392 e. The van der Waals surface area contributed by atoms with Gasteiger partial charge in [-0.15, -0.1) is 0 Å². The standard InChI is InChI=1S/C19H14ClN3O/c20-15-9-12(11-24)10-21-18(15)13-5-7-14(8-6-13)19-22-16-3-1-2-4-17(16)23-19/h1-10,24H,11H2,(H,22,23). The van der Waals surface area contributed by atoms with Gasteiger partial charge in [-0.05, 0) is 23.8 Å². The van der Waals surface area contributed by atoms with E-state index in [1.807, 2.05) is 48.5 Å². The number of H-pyrrole nitrogens is 1. The average Bonchev–Trinajstić information content (AvgIpc) is 3.06. The Morgan fingerprint density at radius 1 is 1.00 bits per heavy atom. The number of halogens is 1. The first kappa shape index (κ1) is 14.9. The van der Waals surface area contributed by atoms with Crippen molar-refractivity contribution < 1.29 is 5.11 Å². The van der Waals surface area contributed by atoms with E-state index in [2.05, 4.69) is 15.0 Å². The van der Waals surface area contributed by atoms with Gasteiger partial charge in [0.1, 0.15) is 5.82 Å². The van der Waals surface area contributed by atoms with Crippen molar-refractivity contribution in [1.29, 1.82) is 0 Å². The van der Waals surface area contributed by atoms with Crippen molar-refractivity contribution in [1.82, 2.24) is 15.0 Å². The predicted molar refractivity (Wildman–Crippen MR) is 95.7 cm³/mol. The lowest BCUT2D eigenvalue weighted by molar-refractivity contribution is 0.281. The molecule has 5 heteroatoms. The van der Waals surface area contributed by atoms with Gasteiger partial charge in [0.25, 0.3) is 0 Å². The Hall–Kier alpha value is -2.69. The van der Waals surface area contributed by atoms with Crippen molar-refractivity contribution in [3.8, 4) is 22.6 Å². The molecule has 0 amide bonds. The van der Waals surface area contributed by atoms with Crippen LogP contribution in [0.3, 0.4) is 0 Å². The fourth-order valence-electron chi connectivity index (χ4n) is 2.65. The third-order valence-corrected chi connectivity index (χ3v) is 4.19. The minimum atomic E-state index is -0.0714. The number of nitrogens with zero attached hydrogens (tertiary/aromatic N) is 2. The predicted octanol–water partition coefficient (Wildman–Crippen LogP) is 4.44. The zero-order chi connectivity index (χ0) is 16.5. The Morgan fingerprint density at radius 2 is 1.75 bits per heavy atom. The number of nitrogens with one attached hydrogen (secondary N) is 1. The first-order valence-corrected chi connectivity index (χ1v) is 7.93. The first-order valence-electron chi connectivity index (χ1n) is 7.55. The molecule has 0 saturated heterocycles. The molecule has 0 spiro atoms. The van der Waals surface area contributed by atoms with E-state index in [-0.39, 0.29) is 6.61 Å². The van der Waals surface area contributed by atoms with Crippen LogP contribution in [0.15, 0.2) is 60.8 Å². The molecule has 0 aliphatic heterocycles. The van der Waals surface area contributed by atoms with Gasteiger partial charge in [-0.2, -0.15) is 0 Å². The second-order valence-electron chi connectivity index (χ2n) is 5.51. The van der Waals surface area contributed by atoms with Gasteiger partial charge in [0.2, 0.25) is 0 Å². The summed E-state index contributed by atoms with van der Waals surface area (Å²) in [6.45, 7) is -0.0714. The molecule has 4 rings (SSSR count). The number of rotatable bonds is 3.